The molecule has 1 heterocycles. The van der Waals surface area contributed by atoms with Gasteiger partial charge < -0.3 is 10.6 Å². The summed E-state index contributed by atoms with van der Waals surface area (Å²) in [6.07, 6.45) is 1.85. The highest BCUT2D eigenvalue weighted by molar-refractivity contribution is 7.88. The summed E-state index contributed by atoms with van der Waals surface area (Å²) in [7, 11) is -3.52. The van der Waals surface area contributed by atoms with E-state index in [0.717, 1.165) is 19.4 Å². The molecular formula is C12H17N3O3S. The fourth-order valence-electron chi connectivity index (χ4n) is 2.05. The van der Waals surface area contributed by atoms with E-state index in [0.29, 0.717) is 11.3 Å². The summed E-state index contributed by atoms with van der Waals surface area (Å²) in [6.45, 7) is 0.866. The number of rotatable bonds is 4. The molecule has 4 N–H and O–H groups in total. The van der Waals surface area contributed by atoms with E-state index in [1.54, 1.807) is 24.3 Å². The molecule has 104 valence electrons. The molecule has 1 amide bonds. The Balaban J connectivity index is 1.96. The van der Waals surface area contributed by atoms with E-state index < -0.39 is 10.0 Å². The van der Waals surface area contributed by atoms with E-state index >= 15 is 0 Å². The van der Waals surface area contributed by atoms with Gasteiger partial charge in [0.25, 0.3) is 0 Å². The molecule has 1 aliphatic rings. The van der Waals surface area contributed by atoms with Crippen LogP contribution in [0.5, 0.6) is 0 Å². The number of sulfonamides is 1. The number of carbonyl (C=O) groups is 1. The molecule has 0 unspecified atom stereocenters. The number of hydrogen-bond donors (Lipinski definition) is 3. The summed E-state index contributed by atoms with van der Waals surface area (Å²) in [5, 5.41) is 10.9. The van der Waals surface area contributed by atoms with Crippen LogP contribution < -0.4 is 15.8 Å². The Morgan fingerprint density at radius 1 is 1.37 bits per heavy atom. The number of amides is 1. The molecule has 6 nitrogen and oxygen atoms in total. The van der Waals surface area contributed by atoms with E-state index in [-0.39, 0.29) is 17.7 Å². The smallest absolute Gasteiger partial charge is 0.241 e. The Kier molecular flexibility index (Phi) is 4.18. The number of anilines is 1. The molecule has 0 spiro atoms. The zero-order chi connectivity index (χ0) is 13.9. The van der Waals surface area contributed by atoms with Gasteiger partial charge in [-0.2, -0.15) is 0 Å². The molecule has 0 aromatic heterocycles. The Morgan fingerprint density at radius 3 is 2.58 bits per heavy atom. The first-order valence-corrected chi connectivity index (χ1v) is 7.79. The van der Waals surface area contributed by atoms with Crippen LogP contribution in [-0.4, -0.2) is 26.9 Å². The standard InChI is InChI=1S/C12H17N3O3S/c13-19(17,18)8-9-3-5-10(6-4-9)15-12(16)11-2-1-7-14-11/h3-6,11,14H,1-2,7-8H2,(H,15,16)(H2,13,17,18)/t11-/m0/s1. The Labute approximate surface area is 112 Å². The predicted molar refractivity (Wildman–Crippen MR) is 72.9 cm³/mol. The van der Waals surface area contributed by atoms with Crippen LogP contribution >= 0.6 is 0 Å². The van der Waals surface area contributed by atoms with Crippen molar-refractivity contribution in [3.63, 3.8) is 0 Å². The monoisotopic (exact) mass is 283 g/mol. The van der Waals surface area contributed by atoms with Crippen molar-refractivity contribution < 1.29 is 13.2 Å². The Bertz CT molecular complexity index is 548. The van der Waals surface area contributed by atoms with E-state index in [1.165, 1.54) is 0 Å². The first-order valence-electron chi connectivity index (χ1n) is 6.08. The van der Waals surface area contributed by atoms with Crippen molar-refractivity contribution >= 4 is 21.6 Å². The largest absolute Gasteiger partial charge is 0.325 e. The lowest BCUT2D eigenvalue weighted by Gasteiger charge is -2.11. The van der Waals surface area contributed by atoms with Crippen molar-refractivity contribution in [3.05, 3.63) is 29.8 Å². The lowest BCUT2D eigenvalue weighted by molar-refractivity contribution is -0.117. The van der Waals surface area contributed by atoms with Crippen molar-refractivity contribution in [1.29, 1.82) is 0 Å². The van der Waals surface area contributed by atoms with Gasteiger partial charge in [-0.1, -0.05) is 12.1 Å². The molecule has 1 saturated heterocycles. The molecule has 1 aliphatic heterocycles. The molecule has 0 bridgehead atoms. The maximum Gasteiger partial charge on any atom is 0.241 e. The van der Waals surface area contributed by atoms with Crippen molar-refractivity contribution in [1.82, 2.24) is 5.32 Å². The normalized spacial score (nSPS) is 19.3. The summed E-state index contributed by atoms with van der Waals surface area (Å²) in [4.78, 5) is 11.8. The van der Waals surface area contributed by atoms with E-state index in [9.17, 15) is 13.2 Å². The van der Waals surface area contributed by atoms with Gasteiger partial charge >= 0.3 is 0 Å². The van der Waals surface area contributed by atoms with Gasteiger partial charge in [-0.25, -0.2) is 13.6 Å². The number of nitrogens with one attached hydrogen (secondary N) is 2. The number of benzene rings is 1. The highest BCUT2D eigenvalue weighted by atomic mass is 32.2. The molecule has 1 aromatic carbocycles. The first kappa shape index (κ1) is 14.0. The summed E-state index contributed by atoms with van der Waals surface area (Å²) in [5.74, 6) is -0.262. The molecule has 19 heavy (non-hydrogen) atoms. The second-order valence-corrected chi connectivity index (χ2v) is 6.26. The molecule has 2 rings (SSSR count). The van der Waals surface area contributed by atoms with Crippen LogP contribution in [0.15, 0.2) is 24.3 Å². The first-order chi connectivity index (χ1) is 8.94. The van der Waals surface area contributed by atoms with E-state index in [1.807, 2.05) is 0 Å². The second-order valence-electron chi connectivity index (χ2n) is 4.64. The van der Waals surface area contributed by atoms with Crippen LogP contribution in [0.25, 0.3) is 0 Å². The van der Waals surface area contributed by atoms with Gasteiger partial charge in [-0.15, -0.1) is 0 Å². The number of carbonyl (C=O) groups excluding carboxylic acids is 1. The van der Waals surface area contributed by atoms with Gasteiger partial charge in [0.2, 0.25) is 15.9 Å². The fourth-order valence-corrected chi connectivity index (χ4v) is 2.71. The molecule has 1 fully saturated rings. The topological polar surface area (TPSA) is 101 Å². The predicted octanol–water partition coefficient (Wildman–Crippen LogP) is 0.166. The zero-order valence-electron chi connectivity index (χ0n) is 10.4. The van der Waals surface area contributed by atoms with Crippen molar-refractivity contribution in [2.24, 2.45) is 5.14 Å². The number of hydrogen-bond acceptors (Lipinski definition) is 4. The number of primary sulfonamides is 1. The van der Waals surface area contributed by atoms with Gasteiger partial charge in [0.15, 0.2) is 0 Å². The van der Waals surface area contributed by atoms with Crippen molar-refractivity contribution in [2.45, 2.75) is 24.6 Å². The fraction of sp³-hybridized carbons (Fsp3) is 0.417. The third-order valence-corrected chi connectivity index (χ3v) is 3.70. The summed E-state index contributed by atoms with van der Waals surface area (Å²) < 4.78 is 21.9. The van der Waals surface area contributed by atoms with Crippen molar-refractivity contribution in [2.75, 3.05) is 11.9 Å². The van der Waals surface area contributed by atoms with Gasteiger partial charge in [-0.3, -0.25) is 4.79 Å². The van der Waals surface area contributed by atoms with Crippen LogP contribution in [0.4, 0.5) is 5.69 Å². The zero-order valence-corrected chi connectivity index (χ0v) is 11.2. The second kappa shape index (κ2) is 5.68. The lowest BCUT2D eigenvalue weighted by Crippen LogP contribution is -2.35. The Morgan fingerprint density at radius 2 is 2.05 bits per heavy atom. The highest BCUT2D eigenvalue weighted by Crippen LogP contribution is 2.13. The Hall–Kier alpha value is -1.44. The van der Waals surface area contributed by atoms with Crippen LogP contribution in [0.2, 0.25) is 0 Å². The summed E-state index contributed by atoms with van der Waals surface area (Å²) in [5.41, 5.74) is 1.25. The molecule has 7 heteroatoms. The van der Waals surface area contributed by atoms with Crippen molar-refractivity contribution in [3.8, 4) is 0 Å². The quantitative estimate of drug-likeness (QED) is 0.733. The van der Waals surface area contributed by atoms with Gasteiger partial charge in [-0.05, 0) is 37.1 Å². The van der Waals surface area contributed by atoms with E-state index in [2.05, 4.69) is 10.6 Å². The minimum atomic E-state index is -3.52. The molecule has 1 aromatic rings. The van der Waals surface area contributed by atoms with Gasteiger partial charge in [0.1, 0.15) is 0 Å². The van der Waals surface area contributed by atoms with Gasteiger partial charge in [0.05, 0.1) is 11.8 Å². The third kappa shape index (κ3) is 4.30. The average Bonchev–Trinajstić information content (AvgIpc) is 2.83. The molecular weight excluding hydrogens is 266 g/mol. The highest BCUT2D eigenvalue weighted by Gasteiger charge is 2.21. The average molecular weight is 283 g/mol. The molecule has 1 atom stereocenters. The molecule has 0 radical (unpaired) electrons. The number of nitrogens with two attached hydrogens (primary N) is 1. The molecule has 0 aliphatic carbocycles. The lowest BCUT2D eigenvalue weighted by atomic mass is 10.2. The minimum Gasteiger partial charge on any atom is -0.325 e. The summed E-state index contributed by atoms with van der Waals surface area (Å²) >= 11 is 0. The van der Waals surface area contributed by atoms with Crippen LogP contribution in [0, 0.1) is 0 Å². The minimum absolute atomic E-state index is 0.0586. The van der Waals surface area contributed by atoms with Crippen LogP contribution in [0.1, 0.15) is 18.4 Å². The maximum atomic E-state index is 11.8. The molecule has 0 saturated carbocycles. The van der Waals surface area contributed by atoms with E-state index in [4.69, 9.17) is 5.14 Å². The van der Waals surface area contributed by atoms with Crippen LogP contribution in [0.3, 0.4) is 0 Å². The third-order valence-electron chi connectivity index (χ3n) is 2.97. The SMILES string of the molecule is NS(=O)(=O)Cc1ccc(NC(=O)[C@@H]2CCCN2)cc1. The maximum absolute atomic E-state index is 11.8. The van der Waals surface area contributed by atoms with Gasteiger partial charge in [0, 0.05) is 5.69 Å². The summed E-state index contributed by atoms with van der Waals surface area (Å²) in [6, 6.07) is 6.49. The van der Waals surface area contributed by atoms with Crippen LogP contribution in [-0.2, 0) is 20.6 Å².